The molecule has 144 valence electrons. The van der Waals surface area contributed by atoms with Gasteiger partial charge in [0.1, 0.15) is 4.90 Å². The highest BCUT2D eigenvalue weighted by molar-refractivity contribution is 7.93. The number of benzene rings is 2. The third kappa shape index (κ3) is 3.58. The minimum absolute atomic E-state index is 0.156. The number of anilines is 1. The second kappa shape index (κ2) is 6.61. The van der Waals surface area contributed by atoms with Crippen LogP contribution in [0, 0.1) is 0 Å². The van der Waals surface area contributed by atoms with Crippen molar-refractivity contribution in [1.82, 2.24) is 9.97 Å². The van der Waals surface area contributed by atoms with E-state index in [2.05, 4.69) is 14.7 Å². The highest BCUT2D eigenvalue weighted by atomic mass is 32.2. The van der Waals surface area contributed by atoms with E-state index in [1.807, 2.05) is 44.3 Å². The van der Waals surface area contributed by atoms with E-state index < -0.39 is 10.0 Å². The van der Waals surface area contributed by atoms with Crippen LogP contribution in [0.4, 0.5) is 5.69 Å². The molecule has 0 aliphatic heterocycles. The Morgan fingerprint density at radius 1 is 1.14 bits per heavy atom. The Morgan fingerprint density at radius 3 is 2.71 bits per heavy atom. The average Bonchev–Trinajstić information content (AvgIpc) is 3.01. The number of hydrogen-bond acceptors (Lipinski definition) is 4. The Balaban J connectivity index is 1.73. The quantitative estimate of drug-likeness (QED) is 0.479. The Hall–Kier alpha value is -2.90. The first-order valence-corrected chi connectivity index (χ1v) is 10.5. The van der Waals surface area contributed by atoms with Crippen LogP contribution in [0.3, 0.4) is 0 Å². The summed E-state index contributed by atoms with van der Waals surface area (Å²) in [5.41, 5.74) is 8.73. The van der Waals surface area contributed by atoms with E-state index in [4.69, 9.17) is 5.73 Å². The van der Waals surface area contributed by atoms with Crippen molar-refractivity contribution >= 4 is 37.5 Å². The van der Waals surface area contributed by atoms with E-state index in [9.17, 15) is 8.42 Å². The van der Waals surface area contributed by atoms with Crippen molar-refractivity contribution in [3.63, 3.8) is 0 Å². The van der Waals surface area contributed by atoms with Gasteiger partial charge in [-0.3, -0.25) is 9.71 Å². The van der Waals surface area contributed by atoms with Gasteiger partial charge in [0.25, 0.3) is 10.0 Å². The van der Waals surface area contributed by atoms with Gasteiger partial charge in [-0.25, -0.2) is 8.42 Å². The molecule has 4 aromatic rings. The third-order valence-electron chi connectivity index (χ3n) is 4.55. The molecule has 2 aromatic heterocycles. The van der Waals surface area contributed by atoms with E-state index in [1.165, 1.54) is 0 Å². The fraction of sp³-hybridized carbons (Fsp3) is 0.190. The number of nitrogens with two attached hydrogens (primary N) is 1. The molecule has 6 nitrogen and oxygen atoms in total. The van der Waals surface area contributed by atoms with Gasteiger partial charge in [-0.2, -0.15) is 0 Å². The van der Waals surface area contributed by atoms with Gasteiger partial charge >= 0.3 is 0 Å². The van der Waals surface area contributed by atoms with E-state index in [0.29, 0.717) is 17.6 Å². The normalized spacial score (nSPS) is 12.5. The van der Waals surface area contributed by atoms with Crippen molar-refractivity contribution in [2.75, 3.05) is 4.72 Å². The van der Waals surface area contributed by atoms with Crippen molar-refractivity contribution in [2.45, 2.75) is 30.7 Å². The molecule has 0 fully saturated rings. The first kappa shape index (κ1) is 18.5. The van der Waals surface area contributed by atoms with Crippen LogP contribution in [0.1, 0.15) is 19.4 Å². The van der Waals surface area contributed by atoms with Crippen molar-refractivity contribution in [1.29, 1.82) is 0 Å². The van der Waals surface area contributed by atoms with Gasteiger partial charge in [-0.15, -0.1) is 0 Å². The number of rotatable bonds is 5. The molecule has 0 atom stereocenters. The number of nitrogens with zero attached hydrogens (tertiary/aromatic N) is 1. The number of hydrogen-bond donors (Lipinski definition) is 3. The number of nitrogens with one attached hydrogen (secondary N) is 2. The minimum atomic E-state index is -3.79. The van der Waals surface area contributed by atoms with Gasteiger partial charge in [-0.05, 0) is 56.2 Å². The number of sulfonamides is 1. The smallest absolute Gasteiger partial charge is 0.264 e. The predicted octanol–water partition coefficient (Wildman–Crippen LogP) is 3.80. The fourth-order valence-corrected chi connectivity index (χ4v) is 4.61. The highest BCUT2D eigenvalue weighted by Crippen LogP contribution is 2.27. The number of aromatic amines is 1. The van der Waals surface area contributed by atoms with Crippen molar-refractivity contribution in [3.8, 4) is 0 Å². The monoisotopic (exact) mass is 394 g/mol. The van der Waals surface area contributed by atoms with E-state index in [0.717, 1.165) is 21.9 Å². The third-order valence-corrected chi connectivity index (χ3v) is 5.96. The molecule has 0 saturated carbocycles. The molecule has 0 spiro atoms. The molecule has 4 N–H and O–H groups in total. The summed E-state index contributed by atoms with van der Waals surface area (Å²) in [4.78, 5) is 7.62. The molecule has 0 aliphatic rings. The zero-order chi connectivity index (χ0) is 19.9. The van der Waals surface area contributed by atoms with Crippen LogP contribution in [0.15, 0.2) is 65.8 Å². The SMILES string of the molecule is CC(C)(N)Cc1c[nH]c2ccc(NS(=O)(=O)c3cccc4cccnc34)cc12. The summed E-state index contributed by atoms with van der Waals surface area (Å²) in [6.07, 6.45) is 4.19. The summed E-state index contributed by atoms with van der Waals surface area (Å²) in [6, 6.07) is 14.2. The maximum absolute atomic E-state index is 13.0. The lowest BCUT2D eigenvalue weighted by Crippen LogP contribution is -2.34. The highest BCUT2D eigenvalue weighted by Gasteiger charge is 2.19. The van der Waals surface area contributed by atoms with Crippen LogP contribution in [-0.2, 0) is 16.4 Å². The van der Waals surface area contributed by atoms with E-state index in [-0.39, 0.29) is 10.4 Å². The van der Waals surface area contributed by atoms with Crippen molar-refractivity contribution in [3.05, 3.63) is 66.5 Å². The topological polar surface area (TPSA) is 101 Å². The summed E-state index contributed by atoms with van der Waals surface area (Å²) in [5.74, 6) is 0. The second-order valence-electron chi connectivity index (χ2n) is 7.68. The number of para-hydroxylation sites is 1. The summed E-state index contributed by atoms with van der Waals surface area (Å²) in [7, 11) is -3.79. The second-order valence-corrected chi connectivity index (χ2v) is 9.33. The van der Waals surface area contributed by atoms with Crippen LogP contribution in [0.5, 0.6) is 0 Å². The first-order chi connectivity index (χ1) is 13.2. The van der Waals surface area contributed by atoms with Crippen molar-refractivity contribution < 1.29 is 8.42 Å². The lowest BCUT2D eigenvalue weighted by atomic mass is 9.96. The summed E-state index contributed by atoms with van der Waals surface area (Å²) in [6.45, 7) is 3.93. The fourth-order valence-electron chi connectivity index (χ4n) is 3.38. The largest absolute Gasteiger partial charge is 0.361 e. The molecular formula is C21H22N4O2S. The van der Waals surface area contributed by atoms with E-state index in [1.54, 1.807) is 30.5 Å². The number of H-pyrrole nitrogens is 1. The Bertz CT molecular complexity index is 1270. The standard InChI is InChI=1S/C21H22N4O2S/c1-21(2,22)12-15-13-24-18-9-8-16(11-17(15)18)25-28(26,27)19-7-3-5-14-6-4-10-23-20(14)19/h3-11,13,24-25H,12,22H2,1-2H3. The molecule has 4 rings (SSSR count). The average molecular weight is 395 g/mol. The molecule has 0 saturated heterocycles. The molecule has 0 bridgehead atoms. The minimum Gasteiger partial charge on any atom is -0.361 e. The van der Waals surface area contributed by atoms with Gasteiger partial charge in [0.15, 0.2) is 0 Å². The van der Waals surface area contributed by atoms with Gasteiger partial charge < -0.3 is 10.7 Å². The summed E-state index contributed by atoms with van der Waals surface area (Å²) >= 11 is 0. The lowest BCUT2D eigenvalue weighted by Gasteiger charge is -2.17. The molecule has 0 aliphatic carbocycles. The van der Waals surface area contributed by atoms with Crippen molar-refractivity contribution in [2.24, 2.45) is 5.73 Å². The van der Waals surface area contributed by atoms with Crippen LogP contribution in [0.2, 0.25) is 0 Å². The molecule has 2 aromatic carbocycles. The Labute approximate surface area is 163 Å². The van der Waals surface area contributed by atoms with Gasteiger partial charge in [0.05, 0.1) is 5.52 Å². The number of aromatic nitrogens is 2. The molecule has 0 unspecified atom stereocenters. The first-order valence-electron chi connectivity index (χ1n) is 8.98. The Morgan fingerprint density at radius 2 is 1.93 bits per heavy atom. The Kier molecular flexibility index (Phi) is 4.36. The molecule has 7 heteroatoms. The molecule has 0 radical (unpaired) electrons. The lowest BCUT2D eigenvalue weighted by molar-refractivity contribution is 0.518. The van der Waals surface area contributed by atoms with Gasteiger partial charge in [0, 0.05) is 39.9 Å². The van der Waals surface area contributed by atoms with Gasteiger partial charge in [-0.1, -0.05) is 18.2 Å². The molecule has 28 heavy (non-hydrogen) atoms. The molecule has 2 heterocycles. The van der Waals surface area contributed by atoms with Crippen LogP contribution < -0.4 is 10.5 Å². The van der Waals surface area contributed by atoms with E-state index >= 15 is 0 Å². The summed E-state index contributed by atoms with van der Waals surface area (Å²) in [5, 5.41) is 1.73. The maximum atomic E-state index is 13.0. The molecule has 0 amide bonds. The molecular weight excluding hydrogens is 372 g/mol. The zero-order valence-electron chi connectivity index (χ0n) is 15.7. The zero-order valence-corrected chi connectivity index (χ0v) is 16.5. The predicted molar refractivity (Wildman–Crippen MR) is 113 cm³/mol. The van der Waals surface area contributed by atoms with Crippen LogP contribution in [0.25, 0.3) is 21.8 Å². The maximum Gasteiger partial charge on any atom is 0.264 e. The van der Waals surface area contributed by atoms with Gasteiger partial charge in [0.2, 0.25) is 0 Å². The van der Waals surface area contributed by atoms with Crippen LogP contribution >= 0.6 is 0 Å². The number of fused-ring (bicyclic) bond motifs is 2. The van der Waals surface area contributed by atoms with Crippen LogP contribution in [-0.4, -0.2) is 23.9 Å². The number of pyridine rings is 1. The summed E-state index contributed by atoms with van der Waals surface area (Å²) < 4.78 is 28.7.